The Labute approximate surface area is 275 Å². The molecule has 0 radical (unpaired) electrons. The fraction of sp³-hybridized carbons (Fsp3) is 0.238. The van der Waals surface area contributed by atoms with Gasteiger partial charge in [-0.2, -0.15) is 0 Å². The molecule has 46 heavy (non-hydrogen) atoms. The molecular weight excluding hydrogens is 583 g/mol. The van der Waals surface area contributed by atoms with Crippen molar-refractivity contribution in [1.82, 2.24) is 0 Å². The normalized spacial score (nSPS) is 16.5. The first kappa shape index (κ1) is 28.3. The number of benzene rings is 6. The van der Waals surface area contributed by atoms with Crippen molar-refractivity contribution >= 4 is 88.8 Å². The van der Waals surface area contributed by atoms with Crippen molar-refractivity contribution < 1.29 is 9.31 Å². The molecule has 1 saturated heterocycles. The van der Waals surface area contributed by atoms with Crippen LogP contribution in [0.2, 0.25) is 5.02 Å². The zero-order chi connectivity index (χ0) is 32.0. The number of hydrogen-bond acceptors (Lipinski definition) is 2. The lowest BCUT2D eigenvalue weighted by Gasteiger charge is -2.32. The maximum absolute atomic E-state index is 7.03. The van der Waals surface area contributed by atoms with Gasteiger partial charge in [0.25, 0.3) is 0 Å². The second kappa shape index (κ2) is 9.13. The average molecular weight is 619 g/mol. The van der Waals surface area contributed by atoms with Crippen molar-refractivity contribution in [1.29, 1.82) is 0 Å². The van der Waals surface area contributed by atoms with E-state index in [0.29, 0.717) is 0 Å². The molecule has 0 unspecified atom stereocenters. The summed E-state index contributed by atoms with van der Waals surface area (Å²) in [6.07, 6.45) is 0. The van der Waals surface area contributed by atoms with Crippen LogP contribution in [0.15, 0.2) is 72.8 Å². The molecule has 2 nitrogen and oxygen atoms in total. The van der Waals surface area contributed by atoms with Crippen molar-refractivity contribution in [2.24, 2.45) is 0 Å². The van der Waals surface area contributed by atoms with Gasteiger partial charge in [0.1, 0.15) is 0 Å². The van der Waals surface area contributed by atoms with Gasteiger partial charge in [0.05, 0.1) is 11.2 Å². The first-order chi connectivity index (χ1) is 21.8. The Morgan fingerprint density at radius 3 is 1.83 bits per heavy atom. The molecule has 0 spiro atoms. The van der Waals surface area contributed by atoms with E-state index < -0.39 is 18.3 Å². The van der Waals surface area contributed by atoms with Crippen LogP contribution in [0, 0.1) is 27.7 Å². The second-order valence-electron chi connectivity index (χ2n) is 14.8. The molecule has 4 heteroatoms. The topological polar surface area (TPSA) is 18.5 Å². The summed E-state index contributed by atoms with van der Waals surface area (Å²) < 4.78 is 13.2. The average Bonchev–Trinajstić information content (AvgIpc) is 3.54. The molecule has 8 aromatic carbocycles. The third-order valence-electron chi connectivity index (χ3n) is 11.0. The Balaban J connectivity index is 1.55. The highest BCUT2D eigenvalue weighted by molar-refractivity contribution is 6.66. The fourth-order valence-electron chi connectivity index (χ4n) is 8.55. The summed E-state index contributed by atoms with van der Waals surface area (Å²) in [5.74, 6) is 0. The van der Waals surface area contributed by atoms with Gasteiger partial charge in [-0.3, -0.25) is 0 Å². The van der Waals surface area contributed by atoms with Crippen LogP contribution in [0.1, 0.15) is 49.9 Å². The summed E-state index contributed by atoms with van der Waals surface area (Å²) in [6, 6.07) is 27.3. The van der Waals surface area contributed by atoms with Crippen LogP contribution < -0.4 is 5.46 Å². The Hall–Kier alpha value is -3.89. The highest BCUT2D eigenvalue weighted by Crippen LogP contribution is 2.54. The monoisotopic (exact) mass is 618 g/mol. The van der Waals surface area contributed by atoms with E-state index in [1.165, 1.54) is 98.0 Å². The zero-order valence-corrected chi connectivity index (χ0v) is 28.5. The predicted octanol–water partition coefficient (Wildman–Crippen LogP) is 11.3. The lowest BCUT2D eigenvalue weighted by atomic mass is 9.75. The van der Waals surface area contributed by atoms with E-state index in [4.69, 9.17) is 20.9 Å². The largest absolute Gasteiger partial charge is 0.495 e. The third-order valence-corrected chi connectivity index (χ3v) is 11.2. The molecule has 0 bridgehead atoms. The molecule has 0 aliphatic carbocycles. The molecule has 1 aliphatic heterocycles. The number of aryl methyl sites for hydroxylation is 4. The molecule has 226 valence electrons. The molecule has 0 saturated carbocycles. The van der Waals surface area contributed by atoms with Gasteiger partial charge in [-0.05, 0) is 154 Å². The van der Waals surface area contributed by atoms with Crippen LogP contribution >= 0.6 is 11.6 Å². The van der Waals surface area contributed by atoms with Gasteiger partial charge < -0.3 is 9.31 Å². The van der Waals surface area contributed by atoms with Gasteiger partial charge in [0, 0.05) is 5.02 Å². The van der Waals surface area contributed by atoms with Crippen LogP contribution in [0.5, 0.6) is 0 Å². The van der Waals surface area contributed by atoms with Gasteiger partial charge >= 0.3 is 7.12 Å². The summed E-state index contributed by atoms with van der Waals surface area (Å²) >= 11 is 7.03. The van der Waals surface area contributed by atoms with E-state index in [0.717, 1.165) is 10.5 Å². The van der Waals surface area contributed by atoms with Gasteiger partial charge in [-0.25, -0.2) is 0 Å². The van der Waals surface area contributed by atoms with Crippen molar-refractivity contribution in [3.05, 3.63) is 100 Å². The number of fused-ring (bicyclic) bond motifs is 7. The Bertz CT molecular complexity index is 2560. The SMILES string of the molecule is Cc1cc(C)cc(-c2c3cc(Cl)cc4c5c(C)cc(C)cc5c(c34)c3c4ccc(B5OC(C)(C)C(C)(C)O5)c5cccc(c23)c54)c1. The minimum absolute atomic E-state index is 0.418. The quantitative estimate of drug-likeness (QED) is 0.179. The molecule has 0 atom stereocenters. The van der Waals surface area contributed by atoms with E-state index >= 15 is 0 Å². The van der Waals surface area contributed by atoms with E-state index in [2.05, 4.69) is 128 Å². The molecule has 9 rings (SSSR count). The van der Waals surface area contributed by atoms with Crippen molar-refractivity contribution in [2.45, 2.75) is 66.6 Å². The minimum Gasteiger partial charge on any atom is -0.399 e. The molecule has 0 aromatic heterocycles. The van der Waals surface area contributed by atoms with Gasteiger partial charge in [0.15, 0.2) is 0 Å². The molecule has 8 aromatic rings. The Kier molecular flexibility index (Phi) is 5.63. The first-order valence-corrected chi connectivity index (χ1v) is 16.7. The summed E-state index contributed by atoms with van der Waals surface area (Å²) in [7, 11) is -0.442. The number of hydrogen-bond donors (Lipinski definition) is 0. The standard InChI is InChI=1S/C42H36BClO2/c1-21-14-22(2)17-25(16-21)35-32-20-26(44)19-31-34-24(4)15-23(3)18-30(34)40(37(31)32)39-29-12-13-33(43-45-41(5,6)42(7,8)46-43)27-10-9-11-28(36(27)29)38(35)39/h9-20H,1-8H3. The second-order valence-corrected chi connectivity index (χ2v) is 15.2. The Morgan fingerprint density at radius 2 is 1.11 bits per heavy atom. The number of halogens is 1. The van der Waals surface area contributed by atoms with Crippen LogP contribution in [-0.2, 0) is 9.31 Å². The maximum atomic E-state index is 7.03. The van der Waals surface area contributed by atoms with Crippen LogP contribution in [0.3, 0.4) is 0 Å². The lowest BCUT2D eigenvalue weighted by molar-refractivity contribution is 0.00578. The zero-order valence-electron chi connectivity index (χ0n) is 27.7. The van der Waals surface area contributed by atoms with Crippen molar-refractivity contribution in [2.75, 3.05) is 0 Å². The highest BCUT2D eigenvalue weighted by atomic mass is 35.5. The minimum atomic E-state index is -0.442. The van der Waals surface area contributed by atoms with Gasteiger partial charge in [0.2, 0.25) is 0 Å². The van der Waals surface area contributed by atoms with E-state index in [-0.39, 0.29) is 0 Å². The van der Waals surface area contributed by atoms with Crippen LogP contribution in [0.25, 0.3) is 75.8 Å². The molecule has 0 amide bonds. The molecule has 1 heterocycles. The third kappa shape index (κ3) is 3.63. The van der Waals surface area contributed by atoms with Gasteiger partial charge in [-0.1, -0.05) is 89.0 Å². The highest BCUT2D eigenvalue weighted by Gasteiger charge is 2.52. The number of rotatable bonds is 2. The summed E-state index contributed by atoms with van der Waals surface area (Å²) in [6.45, 7) is 17.3. The first-order valence-electron chi connectivity index (χ1n) is 16.3. The summed E-state index contributed by atoms with van der Waals surface area (Å²) in [5, 5.41) is 16.0. The maximum Gasteiger partial charge on any atom is 0.495 e. The molecular formula is C42H36BClO2. The van der Waals surface area contributed by atoms with Crippen molar-refractivity contribution in [3.8, 4) is 11.1 Å². The molecule has 0 N–H and O–H groups in total. The van der Waals surface area contributed by atoms with E-state index in [1.807, 2.05) is 0 Å². The van der Waals surface area contributed by atoms with E-state index in [9.17, 15) is 0 Å². The van der Waals surface area contributed by atoms with Crippen LogP contribution in [0.4, 0.5) is 0 Å². The predicted molar refractivity (Wildman–Crippen MR) is 199 cm³/mol. The van der Waals surface area contributed by atoms with Crippen molar-refractivity contribution in [3.63, 3.8) is 0 Å². The molecule has 1 aliphatic rings. The summed E-state index contributed by atoms with van der Waals surface area (Å²) in [4.78, 5) is 0. The van der Waals surface area contributed by atoms with Gasteiger partial charge in [-0.15, -0.1) is 0 Å². The fourth-order valence-corrected chi connectivity index (χ4v) is 8.77. The lowest BCUT2D eigenvalue weighted by Crippen LogP contribution is -2.41. The smallest absolute Gasteiger partial charge is 0.399 e. The molecule has 1 fully saturated rings. The Morgan fingerprint density at radius 1 is 0.522 bits per heavy atom. The van der Waals surface area contributed by atoms with E-state index in [1.54, 1.807) is 0 Å². The van der Waals surface area contributed by atoms with Crippen LogP contribution in [-0.4, -0.2) is 18.3 Å². The summed E-state index contributed by atoms with van der Waals surface area (Å²) in [5.41, 5.74) is 7.80.